The highest BCUT2D eigenvalue weighted by Crippen LogP contribution is 2.25. The van der Waals surface area contributed by atoms with Crippen molar-refractivity contribution in [1.29, 1.82) is 0 Å². The number of benzene rings is 1. The van der Waals surface area contributed by atoms with Gasteiger partial charge in [-0.3, -0.25) is 4.79 Å². The van der Waals surface area contributed by atoms with E-state index < -0.39 is 11.7 Å². The summed E-state index contributed by atoms with van der Waals surface area (Å²) in [6.07, 6.45) is -0.528. The first-order valence-electron chi connectivity index (χ1n) is 10.4. The second-order valence-electron chi connectivity index (χ2n) is 8.62. The number of ether oxygens (including phenoxy) is 2. The van der Waals surface area contributed by atoms with Gasteiger partial charge in [0.1, 0.15) is 17.1 Å². The summed E-state index contributed by atoms with van der Waals surface area (Å²) in [5, 5.41) is 2.63. The summed E-state index contributed by atoms with van der Waals surface area (Å²) >= 11 is 0. The Morgan fingerprint density at radius 1 is 1.19 bits per heavy atom. The van der Waals surface area contributed by atoms with Gasteiger partial charge in [-0.25, -0.2) is 4.79 Å². The molecule has 1 saturated heterocycles. The molecule has 1 aromatic carbocycles. The molecule has 1 N–H and O–H groups in total. The maximum absolute atomic E-state index is 12.9. The lowest BCUT2D eigenvalue weighted by Crippen LogP contribution is -2.53. The van der Waals surface area contributed by atoms with Gasteiger partial charge in [0.25, 0.3) is 5.91 Å². The predicted octanol–water partition coefficient (Wildman–Crippen LogP) is 3.66. The molecular formula is C23H31N3O5. The number of furan rings is 1. The zero-order chi connectivity index (χ0) is 22.6. The monoisotopic (exact) mass is 429 g/mol. The number of rotatable bonds is 5. The van der Waals surface area contributed by atoms with Crippen molar-refractivity contribution in [1.82, 2.24) is 10.2 Å². The first kappa shape index (κ1) is 22.5. The highest BCUT2D eigenvalue weighted by molar-refractivity contribution is 5.91. The quantitative estimate of drug-likeness (QED) is 0.781. The summed E-state index contributed by atoms with van der Waals surface area (Å²) in [6.45, 7) is 9.53. The average Bonchev–Trinajstić information content (AvgIpc) is 3.19. The molecule has 1 aliphatic rings. The number of nitrogens with one attached hydrogen (secondary N) is 1. The second kappa shape index (κ2) is 9.32. The summed E-state index contributed by atoms with van der Waals surface area (Å²) in [5.74, 6) is 1.42. The number of hydrogen-bond donors (Lipinski definition) is 1. The van der Waals surface area contributed by atoms with E-state index in [2.05, 4.69) is 17.1 Å². The van der Waals surface area contributed by atoms with E-state index in [1.165, 1.54) is 0 Å². The molecule has 168 valence electrons. The molecule has 0 radical (unpaired) electrons. The summed E-state index contributed by atoms with van der Waals surface area (Å²) in [6, 6.07) is 11.4. The van der Waals surface area contributed by atoms with Crippen LogP contribution in [-0.4, -0.2) is 55.3 Å². The molecule has 2 aromatic rings. The van der Waals surface area contributed by atoms with Gasteiger partial charge in [0, 0.05) is 37.4 Å². The maximum atomic E-state index is 12.9. The number of nitrogens with zero attached hydrogens (tertiary/aromatic N) is 2. The third-order valence-electron chi connectivity index (χ3n) is 4.98. The third-order valence-corrected chi connectivity index (χ3v) is 4.98. The fraction of sp³-hybridized carbons (Fsp3) is 0.478. The molecule has 0 aliphatic carbocycles. The minimum Gasteiger partial charge on any atom is -0.497 e. The SMILES string of the molecule is COc1cccc(N2CCN(C(=O)c3ccc(CNC(=O)OC(C)(C)C)o3)CC2C)c1. The van der Waals surface area contributed by atoms with Crippen LogP contribution in [0.1, 0.15) is 44.0 Å². The van der Waals surface area contributed by atoms with Gasteiger partial charge in [-0.05, 0) is 52.0 Å². The number of anilines is 1. The number of alkyl carbamates (subject to hydrolysis) is 1. The van der Waals surface area contributed by atoms with Crippen molar-refractivity contribution in [2.45, 2.75) is 45.9 Å². The summed E-state index contributed by atoms with van der Waals surface area (Å²) < 4.78 is 16.2. The fourth-order valence-electron chi connectivity index (χ4n) is 3.53. The molecule has 8 nitrogen and oxygen atoms in total. The van der Waals surface area contributed by atoms with Crippen LogP contribution < -0.4 is 15.0 Å². The Balaban J connectivity index is 1.56. The van der Waals surface area contributed by atoms with Crippen LogP contribution in [0.2, 0.25) is 0 Å². The Labute approximate surface area is 183 Å². The Morgan fingerprint density at radius 3 is 2.65 bits per heavy atom. The molecule has 8 heteroatoms. The van der Waals surface area contributed by atoms with Crippen LogP contribution in [0.25, 0.3) is 0 Å². The van der Waals surface area contributed by atoms with E-state index in [-0.39, 0.29) is 24.3 Å². The number of carbonyl (C=O) groups excluding carboxylic acids is 2. The largest absolute Gasteiger partial charge is 0.497 e. The van der Waals surface area contributed by atoms with E-state index >= 15 is 0 Å². The van der Waals surface area contributed by atoms with Crippen LogP contribution in [0.15, 0.2) is 40.8 Å². The topological polar surface area (TPSA) is 84.2 Å². The standard InChI is InChI=1S/C23H31N3O5/c1-16-15-25(11-12-26(16)17-7-6-8-18(13-17)29-5)21(27)20-10-9-19(30-20)14-24-22(28)31-23(2,3)4/h6-10,13,16H,11-12,14-15H2,1-5H3,(H,24,28). The van der Waals surface area contributed by atoms with Gasteiger partial charge in [-0.15, -0.1) is 0 Å². The summed E-state index contributed by atoms with van der Waals surface area (Å²) in [7, 11) is 1.65. The molecule has 1 aromatic heterocycles. The van der Waals surface area contributed by atoms with Crippen molar-refractivity contribution in [2.75, 3.05) is 31.6 Å². The zero-order valence-electron chi connectivity index (χ0n) is 18.8. The lowest BCUT2D eigenvalue weighted by atomic mass is 10.1. The molecule has 0 saturated carbocycles. The Kier molecular flexibility index (Phi) is 6.77. The second-order valence-corrected chi connectivity index (χ2v) is 8.62. The van der Waals surface area contributed by atoms with Crippen molar-refractivity contribution >= 4 is 17.7 Å². The van der Waals surface area contributed by atoms with Crippen LogP contribution in [-0.2, 0) is 11.3 Å². The number of methoxy groups -OCH3 is 1. The molecule has 1 fully saturated rings. The molecule has 2 heterocycles. The zero-order valence-corrected chi connectivity index (χ0v) is 18.8. The lowest BCUT2D eigenvalue weighted by Gasteiger charge is -2.41. The number of hydrogen-bond acceptors (Lipinski definition) is 6. The van der Waals surface area contributed by atoms with E-state index in [9.17, 15) is 9.59 Å². The minimum atomic E-state index is -0.571. The van der Waals surface area contributed by atoms with Crippen LogP contribution in [0.4, 0.5) is 10.5 Å². The van der Waals surface area contributed by atoms with Crippen molar-refractivity contribution in [3.8, 4) is 5.75 Å². The van der Waals surface area contributed by atoms with Gasteiger partial charge >= 0.3 is 6.09 Å². The van der Waals surface area contributed by atoms with E-state index in [1.54, 1.807) is 44.9 Å². The molecule has 1 aliphatic heterocycles. The van der Waals surface area contributed by atoms with Crippen molar-refractivity contribution in [2.24, 2.45) is 0 Å². The van der Waals surface area contributed by atoms with Gasteiger partial charge in [0.2, 0.25) is 0 Å². The minimum absolute atomic E-state index is 0.146. The van der Waals surface area contributed by atoms with E-state index in [4.69, 9.17) is 13.9 Å². The van der Waals surface area contributed by atoms with Gasteiger partial charge < -0.3 is 29.0 Å². The maximum Gasteiger partial charge on any atom is 0.408 e. The molecule has 0 spiro atoms. The van der Waals surface area contributed by atoms with Crippen molar-refractivity contribution in [3.05, 3.63) is 47.9 Å². The normalized spacial score (nSPS) is 16.7. The van der Waals surface area contributed by atoms with Crippen LogP contribution >= 0.6 is 0 Å². The average molecular weight is 430 g/mol. The Morgan fingerprint density at radius 2 is 1.97 bits per heavy atom. The van der Waals surface area contributed by atoms with Crippen molar-refractivity contribution in [3.63, 3.8) is 0 Å². The molecular weight excluding hydrogens is 398 g/mol. The Hall–Kier alpha value is -3.16. The van der Waals surface area contributed by atoms with Gasteiger partial charge in [0.15, 0.2) is 5.76 Å². The predicted molar refractivity (Wildman–Crippen MR) is 117 cm³/mol. The molecule has 1 atom stereocenters. The smallest absolute Gasteiger partial charge is 0.408 e. The molecule has 31 heavy (non-hydrogen) atoms. The van der Waals surface area contributed by atoms with Gasteiger partial charge in [0.05, 0.1) is 13.7 Å². The van der Waals surface area contributed by atoms with E-state index in [0.29, 0.717) is 25.4 Å². The van der Waals surface area contributed by atoms with E-state index in [0.717, 1.165) is 11.4 Å². The van der Waals surface area contributed by atoms with Crippen LogP contribution in [0.5, 0.6) is 5.75 Å². The molecule has 0 bridgehead atoms. The molecule has 2 amide bonds. The van der Waals surface area contributed by atoms with Gasteiger partial charge in [-0.1, -0.05) is 6.07 Å². The highest BCUT2D eigenvalue weighted by Gasteiger charge is 2.29. The molecule has 1 unspecified atom stereocenters. The molecule has 3 rings (SSSR count). The summed E-state index contributed by atoms with van der Waals surface area (Å²) in [5.41, 5.74) is 0.505. The fourth-order valence-corrected chi connectivity index (χ4v) is 3.53. The summed E-state index contributed by atoms with van der Waals surface area (Å²) in [4.78, 5) is 28.8. The third kappa shape index (κ3) is 5.93. The van der Waals surface area contributed by atoms with Crippen LogP contribution in [0, 0.1) is 0 Å². The number of amides is 2. The highest BCUT2D eigenvalue weighted by atomic mass is 16.6. The number of piperazine rings is 1. The Bertz CT molecular complexity index is 918. The first-order valence-corrected chi connectivity index (χ1v) is 10.4. The number of carbonyl (C=O) groups is 2. The first-order chi connectivity index (χ1) is 14.7. The van der Waals surface area contributed by atoms with Crippen molar-refractivity contribution < 1.29 is 23.5 Å². The van der Waals surface area contributed by atoms with Gasteiger partial charge in [-0.2, -0.15) is 0 Å². The van der Waals surface area contributed by atoms with E-state index in [1.807, 2.05) is 24.3 Å². The van der Waals surface area contributed by atoms with Crippen LogP contribution in [0.3, 0.4) is 0 Å². The lowest BCUT2D eigenvalue weighted by molar-refractivity contribution is 0.0519.